The first-order valence-electron chi connectivity index (χ1n) is 7.11. The SMILES string of the molecule is CCNC(=O)c1ccccc1O.COc1ccc(C=[N][Mn])c(O)c1. The summed E-state index contributed by atoms with van der Waals surface area (Å²) < 4.78 is 8.52. The molecule has 0 radical (unpaired) electrons. The number of ether oxygens (including phenoxy) is 1. The molecule has 2 aromatic rings. The second kappa shape index (κ2) is 10.3. The second-order valence-corrected chi connectivity index (χ2v) is 4.83. The van der Waals surface area contributed by atoms with E-state index in [0.717, 1.165) is 0 Å². The van der Waals surface area contributed by atoms with Crippen molar-refractivity contribution in [1.82, 2.24) is 5.32 Å². The van der Waals surface area contributed by atoms with Gasteiger partial charge in [-0.2, -0.15) is 0 Å². The van der Waals surface area contributed by atoms with Gasteiger partial charge in [-0.25, -0.2) is 0 Å². The molecule has 0 fully saturated rings. The first kappa shape index (κ1) is 19.5. The number of phenolic OH excluding ortho intramolecular Hbond substituents is 2. The van der Waals surface area contributed by atoms with Gasteiger partial charge < -0.3 is 10.4 Å². The van der Waals surface area contributed by atoms with E-state index in [1.807, 2.05) is 6.92 Å². The summed E-state index contributed by atoms with van der Waals surface area (Å²) in [5.41, 5.74) is 0.965. The molecular weight excluding hydrogens is 351 g/mol. The molecule has 0 aromatic heterocycles. The van der Waals surface area contributed by atoms with Gasteiger partial charge in [0, 0.05) is 6.54 Å². The Labute approximate surface area is 149 Å². The van der Waals surface area contributed by atoms with Crippen molar-refractivity contribution in [2.45, 2.75) is 6.92 Å². The van der Waals surface area contributed by atoms with Gasteiger partial charge in [0.05, 0.1) is 5.56 Å². The molecular formula is C17H19MnN2O4. The fourth-order valence-electron chi connectivity index (χ4n) is 1.73. The summed E-state index contributed by atoms with van der Waals surface area (Å²) in [5.74, 6) is 0.552. The van der Waals surface area contributed by atoms with E-state index >= 15 is 0 Å². The number of phenols is 2. The zero-order valence-electron chi connectivity index (χ0n) is 13.4. The number of hydrogen-bond acceptors (Lipinski definition) is 5. The van der Waals surface area contributed by atoms with E-state index in [4.69, 9.17) is 4.74 Å². The number of carbonyl (C=O) groups excluding carboxylic acids is 1. The number of hydrogen-bond donors (Lipinski definition) is 3. The topological polar surface area (TPSA) is 91.2 Å². The van der Waals surface area contributed by atoms with Crippen LogP contribution in [0.5, 0.6) is 17.2 Å². The fraction of sp³-hybridized carbons (Fsp3) is 0.176. The molecule has 3 N–H and O–H groups in total. The molecule has 0 aliphatic heterocycles. The number of para-hydroxylation sites is 1. The minimum atomic E-state index is -0.240. The average molecular weight is 370 g/mol. The van der Waals surface area contributed by atoms with Gasteiger partial charge in [-0.1, -0.05) is 12.1 Å². The number of benzene rings is 2. The Bertz CT molecular complexity index is 705. The molecule has 128 valence electrons. The minimum absolute atomic E-state index is 0.0171. The van der Waals surface area contributed by atoms with E-state index in [0.29, 0.717) is 23.4 Å². The molecule has 2 aromatic carbocycles. The van der Waals surface area contributed by atoms with E-state index in [-0.39, 0.29) is 17.4 Å². The van der Waals surface area contributed by atoms with Crippen molar-refractivity contribution in [3.63, 3.8) is 0 Å². The van der Waals surface area contributed by atoms with Gasteiger partial charge in [-0.05, 0) is 19.1 Å². The Morgan fingerprint density at radius 3 is 2.50 bits per heavy atom. The molecule has 6 nitrogen and oxygen atoms in total. The molecule has 24 heavy (non-hydrogen) atoms. The standard InChI is InChI=1S/C9H11NO2.C8H8NO2.Mn/c1-2-10-9(12)7-5-3-4-6-8(7)11;1-11-7-3-2-6(5-9)8(10)4-7;/h3-6,11H,2H2,1H3,(H,10,12);2-5,10H,1H3;/q;-1;+1. The van der Waals surface area contributed by atoms with Crippen molar-refractivity contribution in [2.75, 3.05) is 13.7 Å². The molecule has 0 saturated carbocycles. The van der Waals surface area contributed by atoms with E-state index in [1.165, 1.54) is 18.3 Å². The third-order valence-corrected chi connectivity index (χ3v) is 3.06. The molecule has 0 saturated heterocycles. The zero-order chi connectivity index (χ0) is 17.9. The molecule has 1 amide bonds. The van der Waals surface area contributed by atoms with Crippen LogP contribution in [0, 0.1) is 0 Å². The molecule has 2 rings (SSSR count). The number of methoxy groups -OCH3 is 1. The third kappa shape index (κ3) is 5.95. The van der Waals surface area contributed by atoms with E-state index in [9.17, 15) is 15.0 Å². The number of carbonyl (C=O) groups is 1. The summed E-state index contributed by atoms with van der Waals surface area (Å²) in [5, 5.41) is 21.2. The van der Waals surface area contributed by atoms with E-state index in [2.05, 4.69) is 25.6 Å². The van der Waals surface area contributed by atoms with Gasteiger partial charge in [0.25, 0.3) is 5.91 Å². The Morgan fingerprint density at radius 2 is 1.96 bits per heavy atom. The Morgan fingerprint density at radius 1 is 1.25 bits per heavy atom. The van der Waals surface area contributed by atoms with Crippen molar-refractivity contribution in [1.29, 1.82) is 0 Å². The number of rotatable bonds is 4. The summed E-state index contributed by atoms with van der Waals surface area (Å²) in [7, 11) is 1.55. The molecule has 0 unspecified atom stereocenters. The van der Waals surface area contributed by atoms with Crippen LogP contribution in [0.2, 0.25) is 0 Å². The number of nitrogens with one attached hydrogen (secondary N) is 1. The Kier molecular flexibility index (Phi) is 8.39. The van der Waals surface area contributed by atoms with Gasteiger partial charge in [0.1, 0.15) is 5.75 Å². The van der Waals surface area contributed by atoms with Gasteiger partial charge in [-0.3, -0.25) is 4.79 Å². The van der Waals surface area contributed by atoms with Crippen LogP contribution in [0.4, 0.5) is 0 Å². The summed E-state index contributed by atoms with van der Waals surface area (Å²) in [6, 6.07) is 11.5. The Balaban J connectivity index is 0.000000240. The monoisotopic (exact) mass is 370 g/mol. The van der Waals surface area contributed by atoms with Crippen LogP contribution in [0.15, 0.2) is 46.5 Å². The van der Waals surface area contributed by atoms with Crippen LogP contribution in [0.1, 0.15) is 22.8 Å². The van der Waals surface area contributed by atoms with Gasteiger partial charge in [-0.15, -0.1) is 0 Å². The molecule has 0 aliphatic rings. The molecule has 0 atom stereocenters. The van der Waals surface area contributed by atoms with Crippen molar-refractivity contribution in [2.24, 2.45) is 4.01 Å². The van der Waals surface area contributed by atoms with Crippen LogP contribution < -0.4 is 10.1 Å². The predicted octanol–water partition coefficient (Wildman–Crippen LogP) is 2.42. The van der Waals surface area contributed by atoms with Crippen molar-refractivity contribution in [3.8, 4) is 17.2 Å². The van der Waals surface area contributed by atoms with E-state index in [1.54, 1.807) is 37.4 Å². The van der Waals surface area contributed by atoms with Crippen molar-refractivity contribution in [3.05, 3.63) is 53.6 Å². The van der Waals surface area contributed by atoms with Crippen LogP contribution in [0.25, 0.3) is 0 Å². The summed E-state index contributed by atoms with van der Waals surface area (Å²) in [6.45, 7) is 2.39. The van der Waals surface area contributed by atoms with Crippen LogP contribution >= 0.6 is 0 Å². The maximum absolute atomic E-state index is 11.2. The van der Waals surface area contributed by atoms with E-state index < -0.39 is 0 Å². The summed E-state index contributed by atoms with van der Waals surface area (Å²) in [4.78, 5) is 11.2. The molecule has 0 aliphatic carbocycles. The quantitative estimate of drug-likeness (QED) is 0.570. The third-order valence-electron chi connectivity index (χ3n) is 2.91. The van der Waals surface area contributed by atoms with Crippen LogP contribution in [-0.4, -0.2) is 36.0 Å². The normalized spacial score (nSPS) is 9.96. The van der Waals surface area contributed by atoms with Crippen molar-refractivity contribution >= 4 is 12.1 Å². The van der Waals surface area contributed by atoms with Gasteiger partial charge >= 0.3 is 78.7 Å². The fourth-order valence-corrected chi connectivity index (χ4v) is 1.90. The summed E-state index contributed by atoms with van der Waals surface area (Å²) in [6.07, 6.45) is 1.51. The Hall–Kier alpha value is -2.50. The molecule has 0 bridgehead atoms. The van der Waals surface area contributed by atoms with Crippen LogP contribution in [0.3, 0.4) is 0 Å². The first-order chi connectivity index (χ1) is 11.5. The number of aromatic hydroxyl groups is 2. The first-order valence-corrected chi connectivity index (χ1v) is 7.63. The summed E-state index contributed by atoms with van der Waals surface area (Å²) >= 11 is 2.88. The number of nitrogens with zero attached hydrogens (tertiary/aromatic N) is 1. The predicted molar refractivity (Wildman–Crippen MR) is 88.4 cm³/mol. The molecule has 7 heteroatoms. The zero-order valence-corrected chi connectivity index (χ0v) is 14.5. The average Bonchev–Trinajstić information content (AvgIpc) is 2.58. The number of amides is 1. The van der Waals surface area contributed by atoms with Gasteiger partial charge in [0.2, 0.25) is 0 Å². The molecule has 0 heterocycles. The second-order valence-electron chi connectivity index (χ2n) is 4.53. The van der Waals surface area contributed by atoms with Gasteiger partial charge in [0.15, 0.2) is 0 Å². The molecule has 0 spiro atoms. The maximum atomic E-state index is 11.2. The van der Waals surface area contributed by atoms with Crippen LogP contribution in [-0.2, 0) is 16.2 Å². The van der Waals surface area contributed by atoms with Crippen molar-refractivity contribution < 1.29 is 36.0 Å².